The molecule has 1 aromatic heterocycles. The molecule has 6 N–H and O–H groups in total. The molecule has 2 atom stereocenters. The minimum Gasteiger partial charge on any atom is -0.448 e. The summed E-state index contributed by atoms with van der Waals surface area (Å²) in [7, 11) is 0. The Morgan fingerprint density at radius 3 is 2.81 bits per heavy atom. The second-order valence-electron chi connectivity index (χ2n) is 9.73. The van der Waals surface area contributed by atoms with Gasteiger partial charge in [-0.05, 0) is 59.7 Å². The first kappa shape index (κ1) is 28.3. The SMILES string of the molecule is NC1NC(c2cccc(NC(=O)c3cc(F)ccc3F)c2)=C(c2ccnc(Nc3ccc4c(c3)CNC(OC=O)C4)n2)S1. The van der Waals surface area contributed by atoms with Gasteiger partial charge in [0.2, 0.25) is 5.95 Å². The predicted molar refractivity (Wildman–Crippen MR) is 160 cm³/mol. The highest BCUT2D eigenvalue weighted by Gasteiger charge is 2.26. The van der Waals surface area contributed by atoms with Crippen molar-refractivity contribution in [1.29, 1.82) is 0 Å². The molecule has 0 saturated carbocycles. The van der Waals surface area contributed by atoms with Gasteiger partial charge in [-0.1, -0.05) is 30.0 Å². The summed E-state index contributed by atoms with van der Waals surface area (Å²) in [5, 5.41) is 12.3. The van der Waals surface area contributed by atoms with Gasteiger partial charge in [0.15, 0.2) is 6.23 Å². The van der Waals surface area contributed by atoms with E-state index in [9.17, 15) is 18.4 Å². The van der Waals surface area contributed by atoms with Gasteiger partial charge in [-0.2, -0.15) is 0 Å². The highest BCUT2D eigenvalue weighted by Crippen LogP contribution is 2.40. The molecule has 3 aromatic carbocycles. The number of aromatic nitrogens is 2. The van der Waals surface area contributed by atoms with Crippen molar-refractivity contribution in [1.82, 2.24) is 20.6 Å². The Morgan fingerprint density at radius 2 is 1.95 bits per heavy atom. The number of nitrogens with one attached hydrogen (secondary N) is 4. The van der Waals surface area contributed by atoms with E-state index in [1.54, 1.807) is 30.5 Å². The number of nitrogens with zero attached hydrogens (tertiary/aromatic N) is 2. The fourth-order valence-corrected chi connectivity index (χ4v) is 5.81. The van der Waals surface area contributed by atoms with Crippen molar-refractivity contribution in [3.8, 4) is 0 Å². The Hall–Kier alpha value is -4.85. The summed E-state index contributed by atoms with van der Waals surface area (Å²) in [5.41, 5.74) is 10.8. The van der Waals surface area contributed by atoms with Crippen molar-refractivity contribution in [2.75, 3.05) is 10.6 Å². The van der Waals surface area contributed by atoms with Gasteiger partial charge in [-0.3, -0.25) is 14.9 Å². The van der Waals surface area contributed by atoms with Crippen LogP contribution in [0.2, 0.25) is 0 Å². The Bertz CT molecular complexity index is 1750. The molecule has 10 nitrogen and oxygen atoms in total. The minimum atomic E-state index is -0.821. The summed E-state index contributed by atoms with van der Waals surface area (Å²) < 4.78 is 32.8. The average molecular weight is 602 g/mol. The zero-order valence-electron chi connectivity index (χ0n) is 22.4. The third-order valence-electron chi connectivity index (χ3n) is 6.84. The summed E-state index contributed by atoms with van der Waals surface area (Å²) in [6, 6.07) is 17.3. The summed E-state index contributed by atoms with van der Waals surface area (Å²) in [4.78, 5) is 33.2. The molecular weight excluding hydrogens is 576 g/mol. The van der Waals surface area contributed by atoms with Crippen LogP contribution in [-0.4, -0.2) is 34.1 Å². The van der Waals surface area contributed by atoms with Gasteiger partial charge >= 0.3 is 0 Å². The smallest absolute Gasteiger partial charge is 0.294 e. The summed E-state index contributed by atoms with van der Waals surface area (Å²) >= 11 is 1.38. The van der Waals surface area contributed by atoms with Crippen LogP contribution in [0.3, 0.4) is 0 Å². The third-order valence-corrected chi connectivity index (χ3v) is 7.86. The fraction of sp³-hybridized carbons (Fsp3) is 0.133. The minimum absolute atomic E-state index is 0.344. The van der Waals surface area contributed by atoms with Gasteiger partial charge in [0.25, 0.3) is 12.4 Å². The van der Waals surface area contributed by atoms with E-state index in [1.807, 2.05) is 24.3 Å². The largest absolute Gasteiger partial charge is 0.448 e. The number of hydrogen-bond acceptors (Lipinski definition) is 10. The molecule has 0 fully saturated rings. The zero-order valence-corrected chi connectivity index (χ0v) is 23.3. The van der Waals surface area contributed by atoms with E-state index >= 15 is 0 Å². The van der Waals surface area contributed by atoms with Gasteiger partial charge < -0.3 is 26.4 Å². The van der Waals surface area contributed by atoms with Crippen LogP contribution in [0.1, 0.15) is 32.7 Å². The Labute approximate surface area is 249 Å². The number of nitrogens with two attached hydrogens (primary N) is 1. The van der Waals surface area contributed by atoms with Gasteiger partial charge in [-0.15, -0.1) is 0 Å². The topological polar surface area (TPSA) is 143 Å². The first-order valence-corrected chi connectivity index (χ1v) is 14.1. The number of ether oxygens (including phenoxy) is 1. The van der Waals surface area contributed by atoms with E-state index in [0.29, 0.717) is 48.0 Å². The van der Waals surface area contributed by atoms with Crippen LogP contribution in [0.25, 0.3) is 10.6 Å². The number of halogens is 2. The number of amides is 1. The molecule has 43 heavy (non-hydrogen) atoms. The predicted octanol–water partition coefficient (Wildman–Crippen LogP) is 4.30. The number of carbonyl (C=O) groups excluding carboxylic acids is 2. The molecule has 0 radical (unpaired) electrons. The molecule has 0 spiro atoms. The molecule has 6 rings (SSSR count). The van der Waals surface area contributed by atoms with Gasteiger partial charge in [0, 0.05) is 36.1 Å². The number of benzene rings is 3. The first-order chi connectivity index (χ1) is 20.9. The standard InChI is InChI=1S/C30H25F2N7O3S/c31-19-5-7-23(32)22(13-19)28(41)36-20-3-1-2-17(10-20)26-27(43-29(33)39-26)24-8-9-34-30(38-24)37-21-6-4-16-12-25(42-15-40)35-14-18(16)11-21/h1-11,13,15,25,29,35,39H,12,14,33H2,(H,36,41)(H,34,37,38). The molecule has 0 bridgehead atoms. The molecule has 13 heteroatoms. The van der Waals surface area contributed by atoms with E-state index in [4.69, 9.17) is 15.5 Å². The van der Waals surface area contributed by atoms with E-state index in [2.05, 4.69) is 26.3 Å². The van der Waals surface area contributed by atoms with Gasteiger partial charge in [-0.25, -0.2) is 18.7 Å². The van der Waals surface area contributed by atoms with E-state index < -0.39 is 28.6 Å². The molecular formula is C30H25F2N7O3S. The van der Waals surface area contributed by atoms with Crippen molar-refractivity contribution in [2.24, 2.45) is 5.73 Å². The Morgan fingerprint density at radius 1 is 1.07 bits per heavy atom. The molecule has 3 heterocycles. The maximum absolute atomic E-state index is 14.1. The Balaban J connectivity index is 1.23. The lowest BCUT2D eigenvalue weighted by atomic mass is 9.99. The summed E-state index contributed by atoms with van der Waals surface area (Å²) in [5.74, 6) is -1.92. The maximum atomic E-state index is 14.1. The van der Waals surface area contributed by atoms with Crippen LogP contribution in [-0.2, 0) is 22.5 Å². The van der Waals surface area contributed by atoms with Crippen LogP contribution in [0, 0.1) is 11.6 Å². The molecule has 0 saturated heterocycles. The summed E-state index contributed by atoms with van der Waals surface area (Å²) in [6.07, 6.45) is 1.88. The van der Waals surface area contributed by atoms with E-state index in [0.717, 1.165) is 39.9 Å². The lowest BCUT2D eigenvalue weighted by molar-refractivity contribution is -0.135. The van der Waals surface area contributed by atoms with Crippen molar-refractivity contribution in [3.05, 3.63) is 113 Å². The highest BCUT2D eigenvalue weighted by molar-refractivity contribution is 8.09. The monoisotopic (exact) mass is 601 g/mol. The van der Waals surface area contributed by atoms with Crippen molar-refractivity contribution >= 4 is 52.1 Å². The van der Waals surface area contributed by atoms with Gasteiger partial charge in [0.05, 0.1) is 21.9 Å². The van der Waals surface area contributed by atoms with Crippen LogP contribution in [0.4, 0.5) is 26.1 Å². The van der Waals surface area contributed by atoms with Crippen LogP contribution >= 0.6 is 11.8 Å². The quantitative estimate of drug-likeness (QED) is 0.186. The molecule has 1 amide bonds. The molecule has 2 aliphatic rings. The lowest BCUT2D eigenvalue weighted by Crippen LogP contribution is -2.37. The number of fused-ring (bicyclic) bond motifs is 1. The molecule has 218 valence electrons. The number of thioether (sulfide) groups is 1. The first-order valence-electron chi connectivity index (χ1n) is 13.2. The fourth-order valence-electron chi connectivity index (χ4n) is 4.85. The molecule has 0 aliphatic carbocycles. The normalized spacial score (nSPS) is 17.6. The second kappa shape index (κ2) is 12.2. The number of anilines is 3. The zero-order chi connectivity index (χ0) is 29.9. The Kier molecular flexibility index (Phi) is 8.01. The van der Waals surface area contributed by atoms with Crippen molar-refractivity contribution < 1.29 is 23.1 Å². The number of rotatable bonds is 8. The van der Waals surface area contributed by atoms with Crippen molar-refractivity contribution in [2.45, 2.75) is 24.7 Å². The third kappa shape index (κ3) is 6.33. The highest BCUT2D eigenvalue weighted by atomic mass is 32.2. The lowest BCUT2D eigenvalue weighted by Gasteiger charge is -2.25. The second-order valence-corrected chi connectivity index (χ2v) is 10.9. The molecule has 2 aliphatic heterocycles. The van der Waals surface area contributed by atoms with Crippen LogP contribution in [0.15, 0.2) is 72.9 Å². The van der Waals surface area contributed by atoms with Crippen molar-refractivity contribution in [3.63, 3.8) is 0 Å². The number of carbonyl (C=O) groups is 2. The van der Waals surface area contributed by atoms with Gasteiger partial charge in [0.1, 0.15) is 17.1 Å². The number of hydrogen-bond donors (Lipinski definition) is 5. The summed E-state index contributed by atoms with van der Waals surface area (Å²) in [6.45, 7) is 0.998. The van der Waals surface area contributed by atoms with E-state index in [1.165, 1.54) is 11.8 Å². The average Bonchev–Trinajstić information content (AvgIpc) is 3.40. The van der Waals surface area contributed by atoms with Crippen LogP contribution < -0.4 is 27.0 Å². The van der Waals surface area contributed by atoms with E-state index in [-0.39, 0.29) is 6.23 Å². The molecule has 2 unspecified atom stereocenters. The molecule has 4 aromatic rings. The maximum Gasteiger partial charge on any atom is 0.294 e. The van der Waals surface area contributed by atoms with Crippen LogP contribution in [0.5, 0.6) is 0 Å².